The fourth-order valence-corrected chi connectivity index (χ4v) is 2.13. The second-order valence-electron chi connectivity index (χ2n) is 4.31. The molecule has 0 spiro atoms. The molecule has 0 radical (unpaired) electrons. The quantitative estimate of drug-likeness (QED) is 0.663. The Labute approximate surface area is 124 Å². The van der Waals surface area contributed by atoms with Crippen molar-refractivity contribution in [2.24, 2.45) is 0 Å². The van der Waals surface area contributed by atoms with Crippen LogP contribution in [0.4, 0.5) is 0 Å². The maximum atomic E-state index is 12.0. The van der Waals surface area contributed by atoms with E-state index in [-0.39, 0.29) is 12.4 Å². The van der Waals surface area contributed by atoms with E-state index >= 15 is 0 Å². The maximum Gasteiger partial charge on any atom is 0.235 e. The molecule has 0 saturated carbocycles. The molecular weight excluding hydrogens is 320 g/mol. The number of para-hydroxylation sites is 1. The van der Waals surface area contributed by atoms with E-state index in [2.05, 4.69) is 15.9 Å². The van der Waals surface area contributed by atoms with Crippen molar-refractivity contribution < 1.29 is 13.9 Å². The first-order valence-corrected chi connectivity index (χ1v) is 6.92. The van der Waals surface area contributed by atoms with Crippen molar-refractivity contribution in [3.05, 3.63) is 64.8 Å². The van der Waals surface area contributed by atoms with Crippen molar-refractivity contribution in [2.75, 3.05) is 6.61 Å². The number of fused-ring (bicyclic) bond motifs is 1. The molecule has 4 heteroatoms. The minimum absolute atomic E-state index is 0.0402. The van der Waals surface area contributed by atoms with Crippen molar-refractivity contribution in [2.45, 2.75) is 0 Å². The van der Waals surface area contributed by atoms with Crippen molar-refractivity contribution in [3.8, 4) is 5.75 Å². The van der Waals surface area contributed by atoms with Crippen LogP contribution in [0.5, 0.6) is 5.75 Å². The summed E-state index contributed by atoms with van der Waals surface area (Å²) in [5.74, 6) is 0.796. The van der Waals surface area contributed by atoms with E-state index in [9.17, 15) is 4.79 Å². The van der Waals surface area contributed by atoms with Gasteiger partial charge in [0.05, 0.1) is 0 Å². The van der Waals surface area contributed by atoms with Gasteiger partial charge < -0.3 is 9.15 Å². The van der Waals surface area contributed by atoms with Crippen LogP contribution < -0.4 is 4.74 Å². The Hall–Kier alpha value is -2.07. The number of carbonyl (C=O) groups excluding carboxylic acids is 1. The number of ether oxygens (including phenoxy) is 1. The summed E-state index contributed by atoms with van der Waals surface area (Å²) < 4.78 is 11.9. The molecule has 0 atom stereocenters. The summed E-state index contributed by atoms with van der Waals surface area (Å²) in [4.78, 5) is 12.0. The van der Waals surface area contributed by atoms with Crippen molar-refractivity contribution in [1.82, 2.24) is 0 Å². The van der Waals surface area contributed by atoms with Crippen LogP contribution in [0.15, 0.2) is 63.5 Å². The topological polar surface area (TPSA) is 39.4 Å². The first-order chi connectivity index (χ1) is 9.72. The highest BCUT2D eigenvalue weighted by Crippen LogP contribution is 2.20. The van der Waals surface area contributed by atoms with Gasteiger partial charge in [-0.2, -0.15) is 0 Å². The summed E-state index contributed by atoms with van der Waals surface area (Å²) >= 11 is 3.34. The number of carbonyl (C=O) groups is 1. The second-order valence-corrected chi connectivity index (χ2v) is 5.23. The average Bonchev–Trinajstić information content (AvgIpc) is 2.90. The van der Waals surface area contributed by atoms with Gasteiger partial charge in [-0.1, -0.05) is 34.1 Å². The number of rotatable bonds is 4. The van der Waals surface area contributed by atoms with Gasteiger partial charge in [-0.25, -0.2) is 0 Å². The van der Waals surface area contributed by atoms with E-state index in [1.165, 1.54) is 0 Å². The Balaban J connectivity index is 1.71. The molecule has 1 aromatic heterocycles. The average molecular weight is 331 g/mol. The number of ketones is 1. The molecule has 20 heavy (non-hydrogen) atoms. The van der Waals surface area contributed by atoms with Gasteiger partial charge in [0, 0.05) is 9.86 Å². The van der Waals surface area contributed by atoms with Gasteiger partial charge in [-0.3, -0.25) is 4.79 Å². The molecule has 0 fully saturated rings. The molecule has 3 aromatic rings. The molecule has 0 aliphatic carbocycles. The molecule has 0 amide bonds. The highest BCUT2D eigenvalue weighted by Gasteiger charge is 2.12. The van der Waals surface area contributed by atoms with Crippen LogP contribution in [-0.4, -0.2) is 12.4 Å². The lowest BCUT2D eigenvalue weighted by Crippen LogP contribution is -2.10. The van der Waals surface area contributed by atoms with E-state index in [1.807, 2.05) is 36.4 Å². The van der Waals surface area contributed by atoms with Gasteiger partial charge in [0.2, 0.25) is 5.78 Å². The van der Waals surface area contributed by atoms with E-state index < -0.39 is 0 Å². The Morgan fingerprint density at radius 3 is 2.60 bits per heavy atom. The smallest absolute Gasteiger partial charge is 0.235 e. The van der Waals surface area contributed by atoms with Crippen molar-refractivity contribution in [3.63, 3.8) is 0 Å². The monoisotopic (exact) mass is 330 g/mol. The van der Waals surface area contributed by atoms with Crippen molar-refractivity contribution in [1.29, 1.82) is 0 Å². The molecule has 0 bridgehead atoms. The lowest BCUT2D eigenvalue weighted by atomic mass is 10.2. The summed E-state index contributed by atoms with van der Waals surface area (Å²) in [7, 11) is 0. The molecule has 3 nitrogen and oxygen atoms in total. The molecule has 0 saturated heterocycles. The van der Waals surface area contributed by atoms with Crippen LogP contribution in [0.2, 0.25) is 0 Å². The van der Waals surface area contributed by atoms with Crippen LogP contribution in [0, 0.1) is 0 Å². The normalized spacial score (nSPS) is 10.7. The van der Waals surface area contributed by atoms with Crippen LogP contribution >= 0.6 is 15.9 Å². The van der Waals surface area contributed by atoms with Crippen molar-refractivity contribution >= 4 is 32.7 Å². The lowest BCUT2D eigenvalue weighted by molar-refractivity contribution is 0.0896. The van der Waals surface area contributed by atoms with Crippen LogP contribution in [0.25, 0.3) is 11.0 Å². The largest absolute Gasteiger partial charge is 0.485 e. The Morgan fingerprint density at radius 2 is 1.85 bits per heavy atom. The van der Waals surface area contributed by atoms with Gasteiger partial charge in [0.25, 0.3) is 0 Å². The molecule has 0 aliphatic rings. The molecule has 2 aromatic carbocycles. The summed E-state index contributed by atoms with van der Waals surface area (Å²) in [5.41, 5.74) is 0.708. The molecule has 1 heterocycles. The van der Waals surface area contributed by atoms with Crippen LogP contribution in [0.3, 0.4) is 0 Å². The Morgan fingerprint density at radius 1 is 1.10 bits per heavy atom. The number of hydrogen-bond acceptors (Lipinski definition) is 3. The summed E-state index contributed by atoms with van der Waals surface area (Å²) in [6, 6.07) is 16.6. The van der Waals surface area contributed by atoms with E-state index in [1.54, 1.807) is 18.2 Å². The number of Topliss-reactive ketones (excluding diaryl/α,β-unsaturated/α-hetero) is 1. The molecule has 100 valence electrons. The number of hydrogen-bond donors (Lipinski definition) is 0. The molecule has 0 unspecified atom stereocenters. The first kappa shape index (κ1) is 12.9. The zero-order valence-corrected chi connectivity index (χ0v) is 12.1. The van der Waals surface area contributed by atoms with Crippen LogP contribution in [0.1, 0.15) is 10.6 Å². The maximum absolute atomic E-state index is 12.0. The zero-order valence-electron chi connectivity index (χ0n) is 10.5. The van der Waals surface area contributed by atoms with Gasteiger partial charge >= 0.3 is 0 Å². The van der Waals surface area contributed by atoms with Gasteiger partial charge in [-0.05, 0) is 36.4 Å². The Kier molecular flexibility index (Phi) is 3.56. The van der Waals surface area contributed by atoms with E-state index in [0.717, 1.165) is 9.86 Å². The second kappa shape index (κ2) is 5.51. The highest BCUT2D eigenvalue weighted by atomic mass is 79.9. The fraction of sp³-hybridized carbons (Fsp3) is 0.0625. The molecule has 0 aliphatic heterocycles. The van der Waals surface area contributed by atoms with Crippen LogP contribution in [-0.2, 0) is 0 Å². The highest BCUT2D eigenvalue weighted by molar-refractivity contribution is 9.10. The zero-order chi connectivity index (χ0) is 13.9. The first-order valence-electron chi connectivity index (χ1n) is 6.12. The molecule has 3 rings (SSSR count). The molecular formula is C16H11BrO3. The number of halogens is 1. The predicted octanol–water partition coefficient (Wildman–Crippen LogP) is 4.46. The van der Waals surface area contributed by atoms with Gasteiger partial charge in [0.1, 0.15) is 11.3 Å². The summed E-state index contributed by atoms with van der Waals surface area (Å²) in [5, 5.41) is 0.916. The lowest BCUT2D eigenvalue weighted by Gasteiger charge is -2.03. The Bertz CT molecular complexity index is 711. The summed E-state index contributed by atoms with van der Waals surface area (Å²) in [6.07, 6.45) is 0. The number of benzene rings is 2. The minimum atomic E-state index is -0.177. The number of furan rings is 1. The van der Waals surface area contributed by atoms with Gasteiger partial charge in [-0.15, -0.1) is 0 Å². The predicted molar refractivity (Wildman–Crippen MR) is 80.2 cm³/mol. The minimum Gasteiger partial charge on any atom is -0.485 e. The SMILES string of the molecule is O=C(COc1ccc(Br)cc1)c1cc2ccccc2o1. The van der Waals surface area contributed by atoms with E-state index in [0.29, 0.717) is 17.1 Å². The third-order valence-corrected chi connectivity index (χ3v) is 3.41. The fourth-order valence-electron chi connectivity index (χ4n) is 1.87. The standard InChI is InChI=1S/C16H11BrO3/c17-12-5-7-13(8-6-12)19-10-14(18)16-9-11-3-1-2-4-15(11)20-16/h1-9H,10H2. The van der Waals surface area contributed by atoms with Gasteiger partial charge in [0.15, 0.2) is 12.4 Å². The third kappa shape index (κ3) is 2.75. The third-order valence-electron chi connectivity index (χ3n) is 2.88. The van der Waals surface area contributed by atoms with E-state index in [4.69, 9.17) is 9.15 Å². The summed E-state index contributed by atoms with van der Waals surface area (Å²) in [6.45, 7) is -0.0402. The molecule has 0 N–H and O–H groups in total.